The lowest BCUT2D eigenvalue weighted by Crippen LogP contribution is -2.56. The predicted molar refractivity (Wildman–Crippen MR) is 117 cm³/mol. The van der Waals surface area contributed by atoms with Gasteiger partial charge in [-0.25, -0.2) is 4.79 Å². The molecule has 3 rings (SSSR count). The zero-order valence-electron chi connectivity index (χ0n) is 19.4. The quantitative estimate of drug-likeness (QED) is 0.289. The predicted octanol–water partition coefficient (Wildman–Crippen LogP) is 7.25. The van der Waals surface area contributed by atoms with E-state index < -0.39 is 0 Å². The number of methoxy groups -OCH3 is 1. The van der Waals surface area contributed by atoms with Crippen LogP contribution in [0.15, 0.2) is 22.8 Å². The van der Waals surface area contributed by atoms with Gasteiger partial charge in [-0.1, -0.05) is 50.8 Å². The second-order valence-corrected chi connectivity index (χ2v) is 11.2. The molecule has 0 bridgehead atoms. The van der Waals surface area contributed by atoms with Gasteiger partial charge in [0.25, 0.3) is 0 Å². The van der Waals surface area contributed by atoms with Crippen LogP contribution >= 0.6 is 0 Å². The standard InChI is InChI=1S/C26H42O2/c1-18(17-23(27)28-7)9-11-20-19(2)10-12-22-25(20,5)16-13-21-24(3,4)14-8-15-26(21,22)6/h17,21-22H,8-16H2,1-7H3/b18-17-/t21?,22-,25-,26-/m0/s1. The van der Waals surface area contributed by atoms with E-state index in [0.29, 0.717) is 16.2 Å². The van der Waals surface area contributed by atoms with Crippen LogP contribution in [0.3, 0.4) is 0 Å². The fourth-order valence-corrected chi connectivity index (χ4v) is 7.81. The van der Waals surface area contributed by atoms with E-state index >= 15 is 0 Å². The summed E-state index contributed by atoms with van der Waals surface area (Å²) in [7, 11) is 1.45. The number of carbonyl (C=O) groups is 1. The topological polar surface area (TPSA) is 26.3 Å². The number of hydrogen-bond donors (Lipinski definition) is 0. The molecule has 0 saturated heterocycles. The van der Waals surface area contributed by atoms with Crippen LogP contribution in [0.2, 0.25) is 0 Å². The molecule has 2 nitrogen and oxygen atoms in total. The lowest BCUT2D eigenvalue weighted by Gasteiger charge is -2.64. The van der Waals surface area contributed by atoms with Gasteiger partial charge in [-0.2, -0.15) is 0 Å². The number of carbonyl (C=O) groups excluding carboxylic acids is 1. The van der Waals surface area contributed by atoms with Crippen LogP contribution in [-0.4, -0.2) is 13.1 Å². The van der Waals surface area contributed by atoms with Crippen LogP contribution in [0.1, 0.15) is 99.3 Å². The fraction of sp³-hybridized carbons (Fsp3) is 0.808. The van der Waals surface area contributed by atoms with Crippen LogP contribution in [0.5, 0.6) is 0 Å². The van der Waals surface area contributed by atoms with Gasteiger partial charge in [0.15, 0.2) is 0 Å². The summed E-state index contributed by atoms with van der Waals surface area (Å²) in [6, 6.07) is 0. The summed E-state index contributed by atoms with van der Waals surface area (Å²) in [5.74, 6) is 1.45. The summed E-state index contributed by atoms with van der Waals surface area (Å²) in [6.07, 6.45) is 13.3. The third kappa shape index (κ3) is 3.61. The Labute approximate surface area is 173 Å². The molecule has 0 spiro atoms. The fourth-order valence-electron chi connectivity index (χ4n) is 7.81. The highest BCUT2D eigenvalue weighted by Gasteiger charge is 2.59. The minimum absolute atomic E-state index is 0.228. The van der Waals surface area contributed by atoms with Crippen LogP contribution < -0.4 is 0 Å². The Morgan fingerprint density at radius 3 is 2.50 bits per heavy atom. The second-order valence-electron chi connectivity index (χ2n) is 11.2. The minimum Gasteiger partial charge on any atom is -0.466 e. The largest absolute Gasteiger partial charge is 0.466 e. The summed E-state index contributed by atoms with van der Waals surface area (Å²) in [4.78, 5) is 11.6. The van der Waals surface area contributed by atoms with Crippen molar-refractivity contribution in [3.05, 3.63) is 22.8 Å². The molecule has 0 aromatic rings. The molecule has 4 atom stereocenters. The van der Waals surface area contributed by atoms with Gasteiger partial charge in [0.05, 0.1) is 7.11 Å². The lowest BCUT2D eigenvalue weighted by atomic mass is 9.40. The summed E-state index contributed by atoms with van der Waals surface area (Å²) >= 11 is 0. The van der Waals surface area contributed by atoms with E-state index in [-0.39, 0.29) is 5.97 Å². The smallest absolute Gasteiger partial charge is 0.330 e. The van der Waals surface area contributed by atoms with Crippen LogP contribution in [0.4, 0.5) is 0 Å². The van der Waals surface area contributed by atoms with Crippen LogP contribution in [-0.2, 0) is 9.53 Å². The van der Waals surface area contributed by atoms with Crippen molar-refractivity contribution < 1.29 is 9.53 Å². The van der Waals surface area contributed by atoms with Gasteiger partial charge in [0.1, 0.15) is 0 Å². The summed E-state index contributed by atoms with van der Waals surface area (Å²) in [5.41, 5.74) is 5.79. The van der Waals surface area contributed by atoms with Crippen molar-refractivity contribution in [3.63, 3.8) is 0 Å². The molecule has 3 aliphatic rings. The zero-order valence-corrected chi connectivity index (χ0v) is 19.4. The first kappa shape index (κ1) is 21.7. The number of allylic oxidation sites excluding steroid dienone is 3. The Kier molecular flexibility index (Phi) is 5.92. The molecule has 2 fully saturated rings. The van der Waals surface area contributed by atoms with E-state index in [2.05, 4.69) is 41.5 Å². The molecule has 3 aliphatic carbocycles. The Morgan fingerprint density at radius 2 is 1.82 bits per heavy atom. The van der Waals surface area contributed by atoms with Crippen molar-refractivity contribution in [1.29, 1.82) is 0 Å². The van der Waals surface area contributed by atoms with Gasteiger partial charge in [0.2, 0.25) is 0 Å². The highest BCUT2D eigenvalue weighted by molar-refractivity contribution is 5.82. The first-order valence-electron chi connectivity index (χ1n) is 11.5. The number of fused-ring (bicyclic) bond motifs is 3. The highest BCUT2D eigenvalue weighted by atomic mass is 16.5. The molecule has 0 radical (unpaired) electrons. The minimum atomic E-state index is -0.228. The summed E-state index contributed by atoms with van der Waals surface area (Å²) < 4.78 is 4.80. The molecule has 2 heteroatoms. The maximum Gasteiger partial charge on any atom is 0.330 e. The van der Waals surface area contributed by atoms with Crippen molar-refractivity contribution >= 4 is 5.97 Å². The van der Waals surface area contributed by atoms with E-state index in [0.717, 1.165) is 30.3 Å². The molecule has 0 amide bonds. The van der Waals surface area contributed by atoms with Gasteiger partial charge in [0, 0.05) is 6.08 Å². The summed E-state index contributed by atoms with van der Waals surface area (Å²) in [5, 5.41) is 0. The third-order valence-electron chi connectivity index (χ3n) is 9.14. The molecule has 1 unspecified atom stereocenters. The molecule has 0 N–H and O–H groups in total. The van der Waals surface area contributed by atoms with Gasteiger partial charge in [-0.3, -0.25) is 0 Å². The van der Waals surface area contributed by atoms with Gasteiger partial charge in [-0.05, 0) is 93.3 Å². The van der Waals surface area contributed by atoms with Crippen molar-refractivity contribution in [2.24, 2.45) is 28.1 Å². The molecule has 0 aromatic heterocycles. The average molecular weight is 387 g/mol. The second kappa shape index (κ2) is 7.65. The van der Waals surface area contributed by atoms with Crippen molar-refractivity contribution in [1.82, 2.24) is 0 Å². The van der Waals surface area contributed by atoms with Gasteiger partial charge in [-0.15, -0.1) is 0 Å². The Hall–Kier alpha value is -1.05. The van der Waals surface area contributed by atoms with E-state index in [1.54, 1.807) is 17.2 Å². The normalized spacial score (nSPS) is 37.9. The Morgan fingerprint density at radius 1 is 1.11 bits per heavy atom. The third-order valence-corrected chi connectivity index (χ3v) is 9.14. The molecule has 2 saturated carbocycles. The van der Waals surface area contributed by atoms with E-state index in [1.165, 1.54) is 52.1 Å². The van der Waals surface area contributed by atoms with Crippen molar-refractivity contribution in [2.45, 2.75) is 99.3 Å². The first-order valence-corrected chi connectivity index (χ1v) is 11.5. The monoisotopic (exact) mass is 386 g/mol. The number of rotatable bonds is 4. The van der Waals surface area contributed by atoms with E-state index in [4.69, 9.17) is 4.74 Å². The number of ether oxygens (including phenoxy) is 1. The maximum absolute atomic E-state index is 11.6. The van der Waals surface area contributed by atoms with Crippen molar-refractivity contribution in [2.75, 3.05) is 7.11 Å². The molecular weight excluding hydrogens is 344 g/mol. The number of hydrogen-bond acceptors (Lipinski definition) is 2. The zero-order chi connectivity index (χ0) is 20.7. The molecule has 158 valence electrons. The van der Waals surface area contributed by atoms with Gasteiger partial charge >= 0.3 is 5.97 Å². The Balaban J connectivity index is 1.86. The van der Waals surface area contributed by atoms with Gasteiger partial charge < -0.3 is 4.74 Å². The average Bonchev–Trinajstić information content (AvgIpc) is 2.59. The van der Waals surface area contributed by atoms with Crippen LogP contribution in [0.25, 0.3) is 0 Å². The molecular formula is C26H42O2. The molecule has 0 heterocycles. The van der Waals surface area contributed by atoms with E-state index in [1.807, 2.05) is 0 Å². The molecule has 0 aliphatic heterocycles. The molecule has 28 heavy (non-hydrogen) atoms. The highest BCUT2D eigenvalue weighted by Crippen LogP contribution is 2.68. The molecule has 0 aromatic carbocycles. The van der Waals surface area contributed by atoms with E-state index in [9.17, 15) is 4.79 Å². The number of esters is 1. The summed E-state index contributed by atoms with van der Waals surface area (Å²) in [6.45, 7) is 14.7. The maximum atomic E-state index is 11.6. The lowest BCUT2D eigenvalue weighted by molar-refractivity contribution is -0.134. The van der Waals surface area contributed by atoms with Crippen molar-refractivity contribution in [3.8, 4) is 0 Å². The SMILES string of the molecule is COC(=O)/C=C(/C)CCC1=C(C)CC[C@H]2[C@@]1(C)CCC1C(C)(C)CCC[C@@]12C. The Bertz CT molecular complexity index is 683. The first-order chi connectivity index (χ1) is 13.0. The van der Waals surface area contributed by atoms with Crippen LogP contribution in [0, 0.1) is 28.1 Å².